The van der Waals surface area contributed by atoms with E-state index < -0.39 is 20.0 Å². The maximum absolute atomic E-state index is 12.5. The van der Waals surface area contributed by atoms with E-state index in [1.54, 1.807) is 31.2 Å². The SMILES string of the molecule is COc1ccc(S(=O)(=O)NCCOc2ccc(S(=O)(=O)N3CCCC3)cc2)cc1C. The summed E-state index contributed by atoms with van der Waals surface area (Å²) in [4.78, 5) is 0.379. The molecule has 1 aliphatic heterocycles. The molecule has 8 nitrogen and oxygen atoms in total. The minimum atomic E-state index is -3.67. The fraction of sp³-hybridized carbons (Fsp3) is 0.400. The van der Waals surface area contributed by atoms with Gasteiger partial charge in [0.2, 0.25) is 20.0 Å². The summed E-state index contributed by atoms with van der Waals surface area (Å²) >= 11 is 0. The van der Waals surface area contributed by atoms with Gasteiger partial charge >= 0.3 is 0 Å². The highest BCUT2D eigenvalue weighted by molar-refractivity contribution is 7.89. The van der Waals surface area contributed by atoms with Gasteiger partial charge in [-0.15, -0.1) is 0 Å². The number of hydrogen-bond donors (Lipinski definition) is 1. The van der Waals surface area contributed by atoms with Gasteiger partial charge in [0.05, 0.1) is 16.9 Å². The highest BCUT2D eigenvalue weighted by Crippen LogP contribution is 2.23. The van der Waals surface area contributed by atoms with Gasteiger partial charge in [-0.3, -0.25) is 0 Å². The number of hydrogen-bond acceptors (Lipinski definition) is 6. The van der Waals surface area contributed by atoms with Crippen molar-refractivity contribution in [2.75, 3.05) is 33.4 Å². The molecule has 1 fully saturated rings. The Hall–Kier alpha value is -2.14. The Kier molecular flexibility index (Phi) is 7.02. The van der Waals surface area contributed by atoms with Gasteiger partial charge in [-0.25, -0.2) is 21.6 Å². The second kappa shape index (κ2) is 9.34. The van der Waals surface area contributed by atoms with E-state index in [1.165, 1.54) is 29.6 Å². The molecule has 0 aromatic heterocycles. The van der Waals surface area contributed by atoms with Crippen molar-refractivity contribution in [1.82, 2.24) is 9.03 Å². The van der Waals surface area contributed by atoms with Gasteiger partial charge in [0, 0.05) is 19.6 Å². The summed E-state index contributed by atoms with van der Waals surface area (Å²) < 4.78 is 64.5. The van der Waals surface area contributed by atoms with Gasteiger partial charge in [-0.2, -0.15) is 4.31 Å². The lowest BCUT2D eigenvalue weighted by Gasteiger charge is -2.15. The monoisotopic (exact) mass is 454 g/mol. The average molecular weight is 455 g/mol. The lowest BCUT2D eigenvalue weighted by Crippen LogP contribution is -2.28. The van der Waals surface area contributed by atoms with E-state index in [0.29, 0.717) is 24.6 Å². The van der Waals surface area contributed by atoms with Crippen molar-refractivity contribution in [2.45, 2.75) is 29.6 Å². The van der Waals surface area contributed by atoms with Crippen molar-refractivity contribution in [2.24, 2.45) is 0 Å². The number of aryl methyl sites for hydroxylation is 1. The van der Waals surface area contributed by atoms with Crippen LogP contribution in [0.5, 0.6) is 11.5 Å². The third kappa shape index (κ3) is 5.12. The smallest absolute Gasteiger partial charge is 0.243 e. The minimum Gasteiger partial charge on any atom is -0.496 e. The number of nitrogens with one attached hydrogen (secondary N) is 1. The topological polar surface area (TPSA) is 102 Å². The Bertz CT molecular complexity index is 1080. The molecule has 2 aromatic carbocycles. The molecule has 0 bridgehead atoms. The quantitative estimate of drug-likeness (QED) is 0.583. The number of nitrogens with zero attached hydrogens (tertiary/aromatic N) is 1. The van der Waals surface area contributed by atoms with Crippen LogP contribution in [0.15, 0.2) is 52.3 Å². The number of methoxy groups -OCH3 is 1. The third-order valence-corrected chi connectivity index (χ3v) is 8.24. The zero-order valence-electron chi connectivity index (χ0n) is 17.0. The Morgan fingerprint density at radius 3 is 2.20 bits per heavy atom. The van der Waals surface area contributed by atoms with Crippen molar-refractivity contribution >= 4 is 20.0 Å². The fourth-order valence-electron chi connectivity index (χ4n) is 3.23. The first kappa shape index (κ1) is 22.5. The van der Waals surface area contributed by atoms with E-state index in [-0.39, 0.29) is 22.9 Å². The average Bonchev–Trinajstić information content (AvgIpc) is 3.27. The van der Waals surface area contributed by atoms with E-state index >= 15 is 0 Å². The predicted octanol–water partition coefficient (Wildman–Crippen LogP) is 2.15. The first-order valence-corrected chi connectivity index (χ1v) is 12.5. The summed E-state index contributed by atoms with van der Waals surface area (Å²) in [5.74, 6) is 1.09. The summed E-state index contributed by atoms with van der Waals surface area (Å²) in [6.07, 6.45) is 1.76. The first-order chi connectivity index (χ1) is 14.2. The molecule has 0 radical (unpaired) electrons. The highest BCUT2D eigenvalue weighted by atomic mass is 32.2. The van der Waals surface area contributed by atoms with Crippen LogP contribution >= 0.6 is 0 Å². The van der Waals surface area contributed by atoms with Crippen LogP contribution in [0, 0.1) is 6.92 Å². The van der Waals surface area contributed by atoms with Crippen molar-refractivity contribution in [3.8, 4) is 11.5 Å². The molecular formula is C20H26N2O6S2. The van der Waals surface area contributed by atoms with E-state index in [2.05, 4.69) is 4.72 Å². The van der Waals surface area contributed by atoms with E-state index in [9.17, 15) is 16.8 Å². The molecule has 10 heteroatoms. The number of benzene rings is 2. The second-order valence-electron chi connectivity index (χ2n) is 6.96. The zero-order valence-corrected chi connectivity index (χ0v) is 18.6. The van der Waals surface area contributed by atoms with E-state index in [1.807, 2.05) is 0 Å². The standard InChI is InChI=1S/C20H26N2O6S2/c1-16-15-19(9-10-20(16)27-2)29(23,24)21-11-14-28-17-5-7-18(8-6-17)30(25,26)22-12-3-4-13-22/h5-10,15,21H,3-4,11-14H2,1-2H3. The normalized spacial score (nSPS) is 15.3. The van der Waals surface area contributed by atoms with Crippen LogP contribution in [-0.4, -0.2) is 54.5 Å². The van der Waals surface area contributed by atoms with Crippen molar-refractivity contribution in [1.29, 1.82) is 0 Å². The Labute approximate surface area is 177 Å². The highest BCUT2D eigenvalue weighted by Gasteiger charge is 2.26. The molecule has 30 heavy (non-hydrogen) atoms. The summed E-state index contributed by atoms with van der Waals surface area (Å²) in [5, 5.41) is 0. The molecule has 1 N–H and O–H groups in total. The zero-order chi connectivity index (χ0) is 21.8. The third-order valence-electron chi connectivity index (χ3n) is 4.87. The Morgan fingerprint density at radius 1 is 0.967 bits per heavy atom. The minimum absolute atomic E-state index is 0.0707. The molecule has 0 spiro atoms. The van der Waals surface area contributed by atoms with Crippen LogP contribution < -0.4 is 14.2 Å². The van der Waals surface area contributed by atoms with Crippen LogP contribution in [0.1, 0.15) is 18.4 Å². The Balaban J connectivity index is 1.53. The van der Waals surface area contributed by atoms with Gasteiger partial charge < -0.3 is 9.47 Å². The predicted molar refractivity (Wildman–Crippen MR) is 113 cm³/mol. The summed E-state index contributed by atoms with van der Waals surface area (Å²) in [6.45, 7) is 3.05. The molecule has 3 rings (SSSR count). The van der Waals surface area contributed by atoms with Gasteiger partial charge in [0.1, 0.15) is 18.1 Å². The van der Waals surface area contributed by atoms with E-state index in [4.69, 9.17) is 9.47 Å². The maximum Gasteiger partial charge on any atom is 0.243 e. The molecule has 1 heterocycles. The van der Waals surface area contributed by atoms with Crippen LogP contribution in [-0.2, 0) is 20.0 Å². The molecule has 0 unspecified atom stereocenters. The van der Waals surface area contributed by atoms with Crippen molar-refractivity contribution in [3.63, 3.8) is 0 Å². The van der Waals surface area contributed by atoms with Gasteiger partial charge in [-0.05, 0) is 67.8 Å². The van der Waals surface area contributed by atoms with Crippen molar-refractivity contribution in [3.05, 3.63) is 48.0 Å². The number of ether oxygens (including phenoxy) is 2. The summed E-state index contributed by atoms with van der Waals surface area (Å²) in [5.41, 5.74) is 0.723. The molecule has 0 aliphatic carbocycles. The van der Waals surface area contributed by atoms with Crippen LogP contribution in [0.25, 0.3) is 0 Å². The van der Waals surface area contributed by atoms with E-state index in [0.717, 1.165) is 18.4 Å². The summed E-state index contributed by atoms with van der Waals surface area (Å²) in [7, 11) is -5.60. The molecule has 1 saturated heterocycles. The molecule has 1 aliphatic rings. The molecular weight excluding hydrogens is 428 g/mol. The maximum atomic E-state index is 12.5. The van der Waals surface area contributed by atoms with Gasteiger partial charge in [-0.1, -0.05) is 0 Å². The molecule has 0 saturated carbocycles. The Morgan fingerprint density at radius 2 is 1.60 bits per heavy atom. The molecule has 0 atom stereocenters. The first-order valence-electron chi connectivity index (χ1n) is 9.61. The van der Waals surface area contributed by atoms with Crippen LogP contribution in [0.4, 0.5) is 0 Å². The van der Waals surface area contributed by atoms with Crippen LogP contribution in [0.3, 0.4) is 0 Å². The number of rotatable bonds is 9. The molecule has 2 aromatic rings. The fourth-order valence-corrected chi connectivity index (χ4v) is 5.85. The lowest BCUT2D eigenvalue weighted by molar-refractivity contribution is 0.322. The van der Waals surface area contributed by atoms with Gasteiger partial charge in [0.25, 0.3) is 0 Å². The van der Waals surface area contributed by atoms with Gasteiger partial charge in [0.15, 0.2) is 0 Å². The molecule has 164 valence electrons. The van der Waals surface area contributed by atoms with Crippen LogP contribution in [0.2, 0.25) is 0 Å². The molecule has 0 amide bonds. The largest absolute Gasteiger partial charge is 0.496 e. The second-order valence-corrected chi connectivity index (χ2v) is 10.7. The lowest BCUT2D eigenvalue weighted by atomic mass is 10.2. The van der Waals surface area contributed by atoms with Crippen molar-refractivity contribution < 1.29 is 26.3 Å². The summed E-state index contributed by atoms with van der Waals surface area (Å²) in [6, 6.07) is 10.8. The number of sulfonamides is 2.